The van der Waals surface area contributed by atoms with Crippen LogP contribution in [-0.4, -0.2) is 19.7 Å². The maximum atomic E-state index is 2.33. The molecule has 0 saturated carbocycles. The van der Waals surface area contributed by atoms with Crippen LogP contribution in [0.3, 0.4) is 0 Å². The maximum absolute atomic E-state index is 2.33. The Morgan fingerprint density at radius 1 is 0.917 bits per heavy atom. The van der Waals surface area contributed by atoms with Gasteiger partial charge in [0, 0.05) is 11.5 Å². The summed E-state index contributed by atoms with van der Waals surface area (Å²) >= 11 is 4.12. The van der Waals surface area contributed by atoms with E-state index in [1.54, 1.807) is 0 Å². The standard InChI is InChI=1S/C6H10S6/c1-5(3-7-5)9-11-12-10-6(2)4-8-6/h3-4H2,1-2H3. The summed E-state index contributed by atoms with van der Waals surface area (Å²) in [4.78, 5) is 0. The molecule has 0 aromatic rings. The minimum absolute atomic E-state index is 0.551. The van der Waals surface area contributed by atoms with Gasteiger partial charge in [0.1, 0.15) is 0 Å². The van der Waals surface area contributed by atoms with Gasteiger partial charge in [-0.05, 0) is 33.5 Å². The van der Waals surface area contributed by atoms with Crippen LogP contribution >= 0.6 is 64.8 Å². The monoisotopic (exact) mass is 274 g/mol. The first-order chi connectivity index (χ1) is 5.62. The molecular formula is C6H10S6. The predicted molar refractivity (Wildman–Crippen MR) is 72.1 cm³/mol. The second-order valence-electron chi connectivity index (χ2n) is 3.15. The Hall–Kier alpha value is 2.10. The molecule has 2 heterocycles. The average Bonchev–Trinajstić information content (AvgIpc) is 2.89. The molecule has 2 aliphatic heterocycles. The van der Waals surface area contributed by atoms with E-state index in [1.807, 2.05) is 41.2 Å². The summed E-state index contributed by atoms with van der Waals surface area (Å²) in [5.74, 6) is 2.67. The zero-order valence-corrected chi connectivity index (χ0v) is 11.8. The Bertz CT molecular complexity index is 153. The van der Waals surface area contributed by atoms with Crippen LogP contribution in [0.4, 0.5) is 0 Å². The lowest BCUT2D eigenvalue weighted by atomic mass is 10.6. The van der Waals surface area contributed by atoms with Crippen molar-refractivity contribution in [2.24, 2.45) is 0 Å². The van der Waals surface area contributed by atoms with Gasteiger partial charge in [0.25, 0.3) is 0 Å². The third-order valence-electron chi connectivity index (χ3n) is 1.55. The average molecular weight is 275 g/mol. The molecule has 2 aliphatic rings. The second kappa shape index (κ2) is 3.93. The van der Waals surface area contributed by atoms with Gasteiger partial charge in [-0.25, -0.2) is 0 Å². The van der Waals surface area contributed by atoms with Gasteiger partial charge in [0.05, 0.1) is 8.16 Å². The highest BCUT2D eigenvalue weighted by molar-refractivity contribution is 9.27. The first-order valence-electron chi connectivity index (χ1n) is 3.60. The summed E-state index contributed by atoms with van der Waals surface area (Å²) in [6.45, 7) is 4.66. The molecule has 0 aliphatic carbocycles. The van der Waals surface area contributed by atoms with E-state index >= 15 is 0 Å². The molecule has 70 valence electrons. The van der Waals surface area contributed by atoms with Crippen molar-refractivity contribution >= 4 is 64.8 Å². The molecule has 0 bridgehead atoms. The van der Waals surface area contributed by atoms with E-state index in [4.69, 9.17) is 0 Å². The molecule has 2 atom stereocenters. The van der Waals surface area contributed by atoms with Crippen molar-refractivity contribution in [3.05, 3.63) is 0 Å². The summed E-state index contributed by atoms with van der Waals surface area (Å²) in [6, 6.07) is 0. The Balaban J connectivity index is 1.52. The van der Waals surface area contributed by atoms with Crippen molar-refractivity contribution in [3.8, 4) is 0 Å². The largest absolute Gasteiger partial charge is 0.140 e. The lowest BCUT2D eigenvalue weighted by Gasteiger charge is -2.05. The van der Waals surface area contributed by atoms with E-state index in [2.05, 4.69) is 37.4 Å². The van der Waals surface area contributed by atoms with Crippen LogP contribution < -0.4 is 0 Å². The van der Waals surface area contributed by atoms with Gasteiger partial charge in [0.2, 0.25) is 0 Å². The first-order valence-corrected chi connectivity index (χ1v) is 10.4. The molecule has 0 radical (unpaired) electrons. The first kappa shape index (κ1) is 10.6. The summed E-state index contributed by atoms with van der Waals surface area (Å²) in [5, 5.41) is 0. The van der Waals surface area contributed by atoms with Gasteiger partial charge in [0.15, 0.2) is 0 Å². The van der Waals surface area contributed by atoms with Crippen LogP contribution in [0.2, 0.25) is 0 Å². The molecule has 6 heteroatoms. The molecule has 2 unspecified atom stereocenters. The fraction of sp³-hybridized carbons (Fsp3) is 1.00. The summed E-state index contributed by atoms with van der Waals surface area (Å²) in [7, 11) is 7.95. The van der Waals surface area contributed by atoms with E-state index < -0.39 is 0 Å². The van der Waals surface area contributed by atoms with Gasteiger partial charge in [-0.2, -0.15) is 0 Å². The van der Waals surface area contributed by atoms with Crippen molar-refractivity contribution < 1.29 is 0 Å². The van der Waals surface area contributed by atoms with Crippen molar-refractivity contribution in [1.82, 2.24) is 0 Å². The zero-order chi connectivity index (χ0) is 8.66. The quantitative estimate of drug-likeness (QED) is 0.405. The number of hydrogen-bond acceptors (Lipinski definition) is 6. The predicted octanol–water partition coefficient (Wildman–Crippen LogP) is 4.59. The molecule has 0 aromatic heterocycles. The van der Waals surface area contributed by atoms with Gasteiger partial charge < -0.3 is 0 Å². The Kier molecular flexibility index (Phi) is 3.47. The van der Waals surface area contributed by atoms with Crippen LogP contribution in [0, 0.1) is 0 Å². The number of rotatable bonds is 5. The molecular weight excluding hydrogens is 264 g/mol. The molecule has 12 heavy (non-hydrogen) atoms. The fourth-order valence-corrected chi connectivity index (χ4v) is 11.2. The lowest BCUT2D eigenvalue weighted by molar-refractivity contribution is 1.17. The Labute approximate surface area is 97.5 Å². The van der Waals surface area contributed by atoms with Gasteiger partial charge in [-0.1, -0.05) is 21.6 Å². The Morgan fingerprint density at radius 2 is 1.25 bits per heavy atom. The van der Waals surface area contributed by atoms with Crippen LogP contribution in [0.25, 0.3) is 0 Å². The number of hydrogen-bond donors (Lipinski definition) is 0. The highest BCUT2D eigenvalue weighted by atomic mass is 33.7. The SMILES string of the molecule is CC1(SSSSC2(C)CS2)CS1. The second-order valence-corrected chi connectivity index (χ2v) is 13.3. The van der Waals surface area contributed by atoms with Gasteiger partial charge >= 0.3 is 0 Å². The highest BCUT2D eigenvalue weighted by Gasteiger charge is 2.42. The molecule has 0 amide bonds. The van der Waals surface area contributed by atoms with Crippen LogP contribution in [0.15, 0.2) is 0 Å². The fourth-order valence-electron chi connectivity index (χ4n) is 0.471. The van der Waals surface area contributed by atoms with E-state index in [-0.39, 0.29) is 0 Å². The smallest absolute Gasteiger partial charge is 0.0785 e. The van der Waals surface area contributed by atoms with Crippen molar-refractivity contribution in [1.29, 1.82) is 0 Å². The summed E-state index contributed by atoms with van der Waals surface area (Å²) in [6.07, 6.45) is 0. The molecule has 0 N–H and O–H groups in total. The van der Waals surface area contributed by atoms with Gasteiger partial charge in [-0.15, -0.1) is 23.5 Å². The summed E-state index contributed by atoms with van der Waals surface area (Å²) < 4.78 is 1.10. The molecule has 2 saturated heterocycles. The third kappa shape index (κ3) is 3.35. The molecule has 0 nitrogen and oxygen atoms in total. The van der Waals surface area contributed by atoms with Crippen LogP contribution in [-0.2, 0) is 0 Å². The Morgan fingerprint density at radius 3 is 1.50 bits per heavy atom. The van der Waals surface area contributed by atoms with E-state index in [1.165, 1.54) is 11.5 Å². The summed E-state index contributed by atoms with van der Waals surface area (Å²) in [5.41, 5.74) is 0. The topological polar surface area (TPSA) is 0 Å². The van der Waals surface area contributed by atoms with E-state index in [0.717, 1.165) is 0 Å². The van der Waals surface area contributed by atoms with Crippen LogP contribution in [0.5, 0.6) is 0 Å². The molecule has 2 fully saturated rings. The molecule has 0 spiro atoms. The third-order valence-corrected chi connectivity index (χ3v) is 13.2. The number of thioether (sulfide) groups is 2. The lowest BCUT2D eigenvalue weighted by Crippen LogP contribution is -1.90. The highest BCUT2D eigenvalue weighted by Crippen LogP contribution is 2.66. The van der Waals surface area contributed by atoms with E-state index in [9.17, 15) is 0 Å². The van der Waals surface area contributed by atoms with Gasteiger partial charge in [-0.3, -0.25) is 0 Å². The molecule has 0 aromatic carbocycles. The normalized spacial score (nSPS) is 44.5. The molecule has 2 rings (SSSR count). The van der Waals surface area contributed by atoms with Crippen molar-refractivity contribution in [3.63, 3.8) is 0 Å². The van der Waals surface area contributed by atoms with Crippen molar-refractivity contribution in [2.75, 3.05) is 11.5 Å². The van der Waals surface area contributed by atoms with Crippen LogP contribution in [0.1, 0.15) is 13.8 Å². The minimum atomic E-state index is 0.551. The zero-order valence-electron chi connectivity index (χ0n) is 6.86. The maximum Gasteiger partial charge on any atom is 0.0785 e. The van der Waals surface area contributed by atoms with Crippen molar-refractivity contribution in [2.45, 2.75) is 22.0 Å². The van der Waals surface area contributed by atoms with E-state index in [0.29, 0.717) is 8.16 Å². The minimum Gasteiger partial charge on any atom is -0.140 e.